The van der Waals surface area contributed by atoms with Crippen LogP contribution in [0.5, 0.6) is 11.5 Å². The van der Waals surface area contributed by atoms with Crippen molar-refractivity contribution in [1.82, 2.24) is 0 Å². The van der Waals surface area contributed by atoms with Gasteiger partial charge < -0.3 is 14.6 Å². The number of phenolic OH excluding ortho intramolecular Hbond substituents is 1. The maximum absolute atomic E-state index is 11.3. The van der Waals surface area contributed by atoms with E-state index in [1.165, 1.54) is 19.2 Å². The van der Waals surface area contributed by atoms with Gasteiger partial charge in [-0.05, 0) is 13.0 Å². The molecular weight excluding hydrogens is 222 g/mol. The van der Waals surface area contributed by atoms with E-state index in [9.17, 15) is 9.90 Å². The Kier molecular flexibility index (Phi) is 4.35. The summed E-state index contributed by atoms with van der Waals surface area (Å²) in [4.78, 5) is 11.3. The van der Waals surface area contributed by atoms with Crippen molar-refractivity contribution in [2.24, 2.45) is 0 Å². The van der Waals surface area contributed by atoms with Gasteiger partial charge in [0.15, 0.2) is 0 Å². The van der Waals surface area contributed by atoms with E-state index in [2.05, 4.69) is 0 Å². The number of carbonyl (C=O) groups excluding carboxylic acids is 1. The Morgan fingerprint density at radius 3 is 2.76 bits per heavy atom. The van der Waals surface area contributed by atoms with Crippen LogP contribution in [0.2, 0.25) is 0 Å². The number of rotatable bonds is 4. The van der Waals surface area contributed by atoms with Crippen molar-refractivity contribution < 1.29 is 19.4 Å². The summed E-state index contributed by atoms with van der Waals surface area (Å²) in [6.45, 7) is 2.01. The molecule has 0 atom stereocenters. The normalized spacial score (nSPS) is 9.47. The number of nitrogens with zero attached hydrogens (tertiary/aromatic N) is 1. The fourth-order valence-electron chi connectivity index (χ4n) is 1.40. The number of aromatic hydroxyl groups is 1. The second-order valence-corrected chi connectivity index (χ2v) is 3.27. The molecule has 0 bridgehead atoms. The second-order valence-electron chi connectivity index (χ2n) is 3.27. The van der Waals surface area contributed by atoms with Crippen LogP contribution in [0.25, 0.3) is 0 Å². The molecule has 0 aliphatic carbocycles. The zero-order chi connectivity index (χ0) is 12.8. The molecular formula is C12H13NO4. The molecule has 0 aliphatic rings. The van der Waals surface area contributed by atoms with Crippen LogP contribution < -0.4 is 4.74 Å². The van der Waals surface area contributed by atoms with Crippen LogP contribution in [0.4, 0.5) is 0 Å². The lowest BCUT2D eigenvalue weighted by Crippen LogP contribution is -2.08. The fourth-order valence-corrected chi connectivity index (χ4v) is 1.40. The summed E-state index contributed by atoms with van der Waals surface area (Å²) < 4.78 is 9.84. The highest BCUT2D eigenvalue weighted by molar-refractivity contribution is 5.74. The van der Waals surface area contributed by atoms with Gasteiger partial charge in [0.05, 0.1) is 25.7 Å². The number of methoxy groups -OCH3 is 1. The molecule has 1 N–H and O–H groups in total. The van der Waals surface area contributed by atoms with Crippen molar-refractivity contribution in [3.63, 3.8) is 0 Å². The number of hydrogen-bond donors (Lipinski definition) is 1. The van der Waals surface area contributed by atoms with E-state index in [1.807, 2.05) is 6.07 Å². The smallest absolute Gasteiger partial charge is 0.310 e. The lowest BCUT2D eigenvalue weighted by Gasteiger charge is -2.09. The summed E-state index contributed by atoms with van der Waals surface area (Å²) in [6, 6.07) is 4.57. The predicted molar refractivity (Wildman–Crippen MR) is 59.7 cm³/mol. The van der Waals surface area contributed by atoms with E-state index in [0.29, 0.717) is 17.9 Å². The largest absolute Gasteiger partial charge is 0.506 e. The Hall–Kier alpha value is -2.22. The van der Waals surface area contributed by atoms with E-state index in [-0.39, 0.29) is 17.7 Å². The summed E-state index contributed by atoms with van der Waals surface area (Å²) >= 11 is 0. The number of hydrogen-bond acceptors (Lipinski definition) is 5. The van der Waals surface area contributed by atoms with Crippen molar-refractivity contribution in [3.8, 4) is 17.6 Å². The quantitative estimate of drug-likeness (QED) is 0.797. The lowest BCUT2D eigenvalue weighted by molar-refractivity contribution is -0.142. The topological polar surface area (TPSA) is 79.6 Å². The third kappa shape index (κ3) is 3.11. The fraction of sp³-hybridized carbons (Fsp3) is 0.333. The van der Waals surface area contributed by atoms with E-state index in [0.717, 1.165) is 0 Å². The van der Waals surface area contributed by atoms with Crippen molar-refractivity contribution in [1.29, 1.82) is 5.26 Å². The molecule has 0 heterocycles. The minimum Gasteiger partial charge on any atom is -0.506 e. The zero-order valence-corrected chi connectivity index (χ0v) is 9.69. The van der Waals surface area contributed by atoms with Crippen LogP contribution in [-0.2, 0) is 16.0 Å². The Bertz CT molecular complexity index is 462. The molecule has 5 nitrogen and oxygen atoms in total. The molecule has 1 aromatic carbocycles. The molecule has 0 aromatic heterocycles. The molecule has 0 aliphatic heterocycles. The van der Waals surface area contributed by atoms with Crippen molar-refractivity contribution >= 4 is 5.97 Å². The third-order valence-corrected chi connectivity index (χ3v) is 2.16. The summed E-state index contributed by atoms with van der Waals surface area (Å²) in [5.74, 6) is -0.216. The lowest BCUT2D eigenvalue weighted by atomic mass is 10.1. The standard InChI is InChI=1S/C12H13NO4/c1-3-17-12(15)5-8-4-9(7-13)10(14)6-11(8)16-2/h4,6,14H,3,5H2,1-2H3. The van der Waals surface area contributed by atoms with Gasteiger partial charge in [-0.2, -0.15) is 5.26 Å². The number of esters is 1. The Morgan fingerprint density at radius 2 is 2.24 bits per heavy atom. The van der Waals surface area contributed by atoms with Gasteiger partial charge in [-0.25, -0.2) is 0 Å². The van der Waals surface area contributed by atoms with Crippen LogP contribution in [0.3, 0.4) is 0 Å². The number of benzene rings is 1. The minimum atomic E-state index is -0.402. The highest BCUT2D eigenvalue weighted by Crippen LogP contribution is 2.28. The van der Waals surface area contributed by atoms with E-state index in [1.54, 1.807) is 6.92 Å². The summed E-state index contributed by atoms with van der Waals surface area (Å²) in [5, 5.41) is 18.2. The Balaban J connectivity index is 3.05. The maximum Gasteiger partial charge on any atom is 0.310 e. The monoisotopic (exact) mass is 235 g/mol. The molecule has 90 valence electrons. The molecule has 0 unspecified atom stereocenters. The van der Waals surface area contributed by atoms with E-state index in [4.69, 9.17) is 14.7 Å². The van der Waals surface area contributed by atoms with Crippen LogP contribution in [0.1, 0.15) is 18.1 Å². The Morgan fingerprint density at radius 1 is 1.53 bits per heavy atom. The molecule has 1 aromatic rings. The molecule has 17 heavy (non-hydrogen) atoms. The summed E-state index contributed by atoms with van der Waals surface area (Å²) in [5.41, 5.74) is 0.616. The van der Waals surface area contributed by atoms with Crippen molar-refractivity contribution in [2.75, 3.05) is 13.7 Å². The van der Waals surface area contributed by atoms with Gasteiger partial charge in [0.1, 0.15) is 17.6 Å². The van der Waals surface area contributed by atoms with Gasteiger partial charge in [0, 0.05) is 11.6 Å². The Labute approximate surface area is 99.2 Å². The van der Waals surface area contributed by atoms with Gasteiger partial charge in [-0.15, -0.1) is 0 Å². The van der Waals surface area contributed by atoms with Crippen LogP contribution in [-0.4, -0.2) is 24.8 Å². The van der Waals surface area contributed by atoms with Gasteiger partial charge in [0.25, 0.3) is 0 Å². The first-order valence-corrected chi connectivity index (χ1v) is 5.08. The first-order chi connectivity index (χ1) is 8.12. The maximum atomic E-state index is 11.3. The SMILES string of the molecule is CCOC(=O)Cc1cc(C#N)c(O)cc1OC. The van der Waals surface area contributed by atoms with Crippen LogP contribution in [0, 0.1) is 11.3 Å². The number of nitriles is 1. The molecule has 0 radical (unpaired) electrons. The number of phenols is 1. The molecule has 0 amide bonds. The van der Waals surface area contributed by atoms with Crippen LogP contribution >= 0.6 is 0 Å². The molecule has 1 rings (SSSR count). The molecule has 5 heteroatoms. The highest BCUT2D eigenvalue weighted by atomic mass is 16.5. The molecule has 0 saturated carbocycles. The van der Waals surface area contributed by atoms with E-state index >= 15 is 0 Å². The average molecular weight is 235 g/mol. The molecule has 0 spiro atoms. The third-order valence-electron chi connectivity index (χ3n) is 2.16. The summed E-state index contributed by atoms with van der Waals surface area (Å²) in [6.07, 6.45) is 0.00593. The number of carbonyl (C=O) groups is 1. The van der Waals surface area contributed by atoms with E-state index < -0.39 is 5.97 Å². The average Bonchev–Trinajstić information content (AvgIpc) is 2.31. The van der Waals surface area contributed by atoms with Gasteiger partial charge >= 0.3 is 5.97 Å². The summed E-state index contributed by atoms with van der Waals surface area (Å²) in [7, 11) is 1.43. The molecule has 0 fully saturated rings. The van der Waals surface area contributed by atoms with Gasteiger partial charge in [-0.3, -0.25) is 4.79 Å². The van der Waals surface area contributed by atoms with Gasteiger partial charge in [0.2, 0.25) is 0 Å². The molecule has 0 saturated heterocycles. The van der Waals surface area contributed by atoms with Crippen molar-refractivity contribution in [3.05, 3.63) is 23.3 Å². The predicted octanol–water partition coefficient (Wildman–Crippen LogP) is 1.38. The van der Waals surface area contributed by atoms with Crippen LogP contribution in [0.15, 0.2) is 12.1 Å². The number of ether oxygens (including phenoxy) is 2. The second kappa shape index (κ2) is 5.75. The van der Waals surface area contributed by atoms with Crippen molar-refractivity contribution in [2.45, 2.75) is 13.3 Å². The first-order valence-electron chi connectivity index (χ1n) is 5.08. The first kappa shape index (κ1) is 12.8. The zero-order valence-electron chi connectivity index (χ0n) is 9.69. The highest BCUT2D eigenvalue weighted by Gasteiger charge is 2.13. The minimum absolute atomic E-state index is 0.00593. The van der Waals surface area contributed by atoms with Gasteiger partial charge in [-0.1, -0.05) is 0 Å².